The van der Waals surface area contributed by atoms with E-state index in [9.17, 15) is 0 Å². The second-order valence-corrected chi connectivity index (χ2v) is 8.47. The van der Waals surface area contributed by atoms with Crippen molar-refractivity contribution in [2.45, 2.75) is 51.4 Å². The summed E-state index contributed by atoms with van der Waals surface area (Å²) in [4.78, 5) is -0.717. The first-order chi connectivity index (χ1) is 9.40. The minimum Gasteiger partial charge on any atom is -0.373 e. The van der Waals surface area contributed by atoms with Gasteiger partial charge >= 0.3 is 0 Å². The van der Waals surface area contributed by atoms with Gasteiger partial charge in [0.1, 0.15) is 4.84 Å². The second-order valence-electron chi connectivity index (χ2n) is 5.23. The van der Waals surface area contributed by atoms with Gasteiger partial charge in [0, 0.05) is 0 Å². The Kier molecular flexibility index (Phi) is 7.17. The number of ether oxygens (including phenoxy) is 2. The van der Waals surface area contributed by atoms with Crippen LogP contribution in [0, 0.1) is 5.92 Å². The zero-order chi connectivity index (χ0) is 14.9. The fraction of sp³-hybridized carbons (Fsp3) is 1.00. The maximum absolute atomic E-state index is 6.49. The smallest absolute Gasteiger partial charge is 0.124 e. The Morgan fingerprint density at radius 1 is 0.750 bits per heavy atom. The van der Waals surface area contributed by atoms with Crippen LogP contribution in [0.3, 0.4) is 0 Å². The van der Waals surface area contributed by atoms with Crippen molar-refractivity contribution >= 4 is 69.6 Å². The molecule has 2 fully saturated rings. The van der Waals surface area contributed by atoms with E-state index in [1.54, 1.807) is 0 Å². The zero-order valence-corrected chi connectivity index (χ0v) is 15.1. The third kappa shape index (κ3) is 5.38. The van der Waals surface area contributed by atoms with E-state index in [4.69, 9.17) is 79.1 Å². The molecule has 0 aromatic carbocycles. The van der Waals surface area contributed by atoms with Crippen molar-refractivity contribution in [1.82, 2.24) is 0 Å². The Hall–Kier alpha value is 1.66. The van der Waals surface area contributed by atoms with E-state index in [0.29, 0.717) is 19.4 Å². The minimum atomic E-state index is -0.717. The molecule has 0 amide bonds. The lowest BCUT2D eigenvalue weighted by atomic mass is 9.92. The predicted molar refractivity (Wildman–Crippen MR) is 86.3 cm³/mol. The third-order valence-electron chi connectivity index (χ3n) is 3.54. The highest BCUT2D eigenvalue weighted by atomic mass is 35.5. The number of hydrogen-bond donors (Lipinski definition) is 0. The molecule has 0 aromatic heterocycles. The summed E-state index contributed by atoms with van der Waals surface area (Å²) in [5.41, 5.74) is 0. The Morgan fingerprint density at radius 3 is 1.70 bits per heavy atom. The highest BCUT2D eigenvalue weighted by Gasteiger charge is 2.42. The summed E-state index contributed by atoms with van der Waals surface area (Å²) in [6.45, 7) is 1.45. The molecule has 2 saturated heterocycles. The number of epoxide rings is 2. The van der Waals surface area contributed by atoms with Crippen molar-refractivity contribution < 1.29 is 9.47 Å². The number of halogens is 6. The van der Waals surface area contributed by atoms with Crippen LogP contribution in [0.4, 0.5) is 0 Å². The van der Waals surface area contributed by atoms with Crippen LogP contribution in [0.25, 0.3) is 0 Å². The number of rotatable bonds is 9. The monoisotopic (exact) mass is 402 g/mol. The van der Waals surface area contributed by atoms with E-state index in [1.807, 2.05) is 0 Å². The normalized spacial score (nSPS) is 32.5. The topological polar surface area (TPSA) is 25.1 Å². The fourth-order valence-electron chi connectivity index (χ4n) is 2.15. The van der Waals surface area contributed by atoms with Crippen molar-refractivity contribution in [3.63, 3.8) is 0 Å². The maximum atomic E-state index is 6.49. The molecule has 2 nitrogen and oxygen atoms in total. The van der Waals surface area contributed by atoms with Gasteiger partial charge in [-0.25, -0.2) is 0 Å². The van der Waals surface area contributed by atoms with Gasteiger partial charge in [0.25, 0.3) is 0 Å². The van der Waals surface area contributed by atoms with Gasteiger partial charge in [0.05, 0.1) is 46.9 Å². The van der Waals surface area contributed by atoms with Gasteiger partial charge in [-0.1, -0.05) is 0 Å². The van der Waals surface area contributed by atoms with Crippen LogP contribution in [0.5, 0.6) is 0 Å². The molecule has 2 aliphatic heterocycles. The van der Waals surface area contributed by atoms with Gasteiger partial charge in [-0.3, -0.25) is 0 Å². The lowest BCUT2D eigenvalue weighted by Crippen LogP contribution is -2.39. The van der Waals surface area contributed by atoms with Gasteiger partial charge in [0.2, 0.25) is 0 Å². The van der Waals surface area contributed by atoms with E-state index >= 15 is 0 Å². The Bertz CT molecular complexity index is 310. The molecule has 20 heavy (non-hydrogen) atoms. The van der Waals surface area contributed by atoms with Crippen LogP contribution in [-0.2, 0) is 9.47 Å². The molecule has 0 saturated carbocycles. The number of alkyl halides is 6. The molecular formula is C12H16Cl6O2. The average molecular weight is 405 g/mol. The van der Waals surface area contributed by atoms with Crippen LogP contribution >= 0.6 is 69.6 Å². The van der Waals surface area contributed by atoms with Crippen LogP contribution < -0.4 is 0 Å². The first-order valence-electron chi connectivity index (χ1n) is 6.47. The molecule has 2 heterocycles. The first-order valence-corrected chi connectivity index (χ1v) is 9.09. The summed E-state index contributed by atoms with van der Waals surface area (Å²) in [5.74, 6) is -0.158. The van der Waals surface area contributed by atoms with E-state index in [-0.39, 0.29) is 23.5 Å². The van der Waals surface area contributed by atoms with Gasteiger partial charge in [0.15, 0.2) is 0 Å². The van der Waals surface area contributed by atoms with E-state index in [1.165, 1.54) is 0 Å². The molecule has 7 unspecified atom stereocenters. The molecule has 0 aliphatic carbocycles. The largest absolute Gasteiger partial charge is 0.373 e. The quantitative estimate of drug-likeness (QED) is 0.420. The molecule has 2 aliphatic rings. The van der Waals surface area contributed by atoms with Crippen LogP contribution in [0.2, 0.25) is 0 Å². The summed E-state index contributed by atoms with van der Waals surface area (Å²) in [5, 5.41) is -1.63. The van der Waals surface area contributed by atoms with E-state index in [2.05, 4.69) is 0 Å². The molecule has 0 N–H and O–H groups in total. The Morgan fingerprint density at radius 2 is 1.25 bits per heavy atom. The summed E-state index contributed by atoms with van der Waals surface area (Å²) in [7, 11) is 0. The van der Waals surface area contributed by atoms with Crippen molar-refractivity contribution in [1.29, 1.82) is 0 Å². The zero-order valence-electron chi connectivity index (χ0n) is 10.5. The summed E-state index contributed by atoms with van der Waals surface area (Å²) < 4.78 is 10.4. The van der Waals surface area contributed by atoms with E-state index < -0.39 is 21.0 Å². The SMILES string of the molecule is ClC(Cl)C(Cl)C(CC1CO1)C(Cl)C(Cl)C(Cl)CC1CO1. The lowest BCUT2D eigenvalue weighted by molar-refractivity contribution is 0.332. The van der Waals surface area contributed by atoms with Gasteiger partial charge in [-0.15, -0.1) is 69.6 Å². The third-order valence-corrected chi connectivity index (χ3v) is 6.79. The molecule has 8 heteroatoms. The highest BCUT2D eigenvalue weighted by Crippen LogP contribution is 2.38. The first kappa shape index (κ1) is 18.0. The van der Waals surface area contributed by atoms with Crippen LogP contribution in [0.15, 0.2) is 0 Å². The molecule has 118 valence electrons. The Labute approximate surface area is 149 Å². The molecule has 2 rings (SSSR count). The molecule has 0 radical (unpaired) electrons. The van der Waals surface area contributed by atoms with Crippen molar-refractivity contribution in [2.75, 3.05) is 13.2 Å². The molecule has 0 aromatic rings. The Balaban J connectivity index is 1.93. The number of hydrogen-bond acceptors (Lipinski definition) is 2. The van der Waals surface area contributed by atoms with Crippen molar-refractivity contribution in [3.8, 4) is 0 Å². The van der Waals surface area contributed by atoms with Crippen LogP contribution in [-0.4, -0.2) is 51.8 Å². The fourth-order valence-corrected chi connectivity index (χ4v) is 4.01. The second kappa shape index (κ2) is 7.97. The average Bonchev–Trinajstić information content (AvgIpc) is 3.27. The lowest BCUT2D eigenvalue weighted by Gasteiger charge is -2.31. The van der Waals surface area contributed by atoms with E-state index in [0.717, 1.165) is 6.61 Å². The summed E-state index contributed by atoms with van der Waals surface area (Å²) in [6, 6.07) is 0. The van der Waals surface area contributed by atoms with Crippen molar-refractivity contribution in [2.24, 2.45) is 5.92 Å². The maximum Gasteiger partial charge on any atom is 0.124 e. The van der Waals surface area contributed by atoms with Gasteiger partial charge in [-0.2, -0.15) is 0 Å². The summed E-state index contributed by atoms with van der Waals surface area (Å²) in [6.07, 6.45) is 1.74. The minimum absolute atomic E-state index is 0.158. The highest BCUT2D eigenvalue weighted by molar-refractivity contribution is 6.48. The molecular weight excluding hydrogens is 389 g/mol. The van der Waals surface area contributed by atoms with Gasteiger partial charge in [-0.05, 0) is 18.8 Å². The van der Waals surface area contributed by atoms with Crippen LogP contribution in [0.1, 0.15) is 12.8 Å². The van der Waals surface area contributed by atoms with Gasteiger partial charge < -0.3 is 9.47 Å². The van der Waals surface area contributed by atoms with Crippen molar-refractivity contribution in [3.05, 3.63) is 0 Å². The molecule has 0 spiro atoms. The standard InChI is InChI=1S/C12H16Cl6O2/c13-8(2-6-4-20-6)11(16)9(14)7(1-5-3-19-5)10(15)12(17)18/h5-12H,1-4H2. The summed E-state index contributed by atoms with van der Waals surface area (Å²) >= 11 is 37.3. The molecule has 7 atom stereocenters. The predicted octanol–water partition coefficient (Wildman–Crippen LogP) is 4.41. The molecule has 0 bridgehead atoms.